The summed E-state index contributed by atoms with van der Waals surface area (Å²) in [6.45, 7) is 3.32. The Kier molecular flexibility index (Phi) is 7.37. The largest absolute Gasteiger partial charge is 0.481 e. The Hall–Kier alpha value is -2.44. The van der Waals surface area contributed by atoms with Crippen molar-refractivity contribution < 1.29 is 9.90 Å². The van der Waals surface area contributed by atoms with Gasteiger partial charge < -0.3 is 5.11 Å². The van der Waals surface area contributed by atoms with Crippen molar-refractivity contribution in [3.63, 3.8) is 0 Å². The predicted octanol–water partition coefficient (Wildman–Crippen LogP) is 4.10. The molecule has 3 aromatic carbocycles. The van der Waals surface area contributed by atoms with Gasteiger partial charge in [-0.1, -0.05) is 91.9 Å². The lowest BCUT2D eigenvalue weighted by atomic mass is 10.2. The summed E-state index contributed by atoms with van der Waals surface area (Å²) in [6, 6.07) is 30.6. The minimum atomic E-state index is -0.833. The van der Waals surface area contributed by atoms with Gasteiger partial charge in [-0.15, -0.1) is 0 Å². The Balaban J connectivity index is 0.000000511. The van der Waals surface area contributed by atoms with E-state index in [-0.39, 0.29) is 0 Å². The highest BCUT2D eigenvalue weighted by molar-refractivity contribution is 7.79. The molecule has 3 aromatic rings. The number of carboxylic acids is 1. The smallest absolute Gasteiger partial charge is 0.300 e. The molecule has 0 unspecified atom stereocenters. The van der Waals surface area contributed by atoms with E-state index >= 15 is 0 Å². The molecule has 0 aliphatic heterocycles. The minimum Gasteiger partial charge on any atom is -0.481 e. The van der Waals surface area contributed by atoms with E-state index in [0.717, 1.165) is 13.3 Å². The first-order valence-electron chi connectivity index (χ1n) is 8.31. The monoisotopic (exact) mass is 350 g/mol. The zero-order valence-electron chi connectivity index (χ0n) is 14.6. The summed E-state index contributed by atoms with van der Waals surface area (Å²) in [5.41, 5.74) is 1.45. The second kappa shape index (κ2) is 9.76. The second-order valence-electron chi connectivity index (χ2n) is 5.51. The van der Waals surface area contributed by atoms with Crippen LogP contribution in [-0.4, -0.2) is 11.1 Å². The highest BCUT2D eigenvalue weighted by Gasteiger charge is 2.18. The average molecular weight is 350 g/mol. The predicted molar refractivity (Wildman–Crippen MR) is 108 cm³/mol. The van der Waals surface area contributed by atoms with Gasteiger partial charge in [0.1, 0.15) is 0 Å². The van der Waals surface area contributed by atoms with Crippen molar-refractivity contribution in [2.75, 3.05) is 0 Å². The Morgan fingerprint density at radius 2 is 1.20 bits per heavy atom. The van der Waals surface area contributed by atoms with Crippen molar-refractivity contribution in [1.29, 1.82) is 0 Å². The van der Waals surface area contributed by atoms with Crippen LogP contribution in [-0.2, 0) is 11.2 Å². The van der Waals surface area contributed by atoms with Crippen molar-refractivity contribution in [3.05, 3.63) is 90.5 Å². The number of aryl methyl sites for hydroxylation is 1. The lowest BCUT2D eigenvalue weighted by Gasteiger charge is -2.21. The van der Waals surface area contributed by atoms with Crippen LogP contribution in [0.5, 0.6) is 0 Å². The first-order chi connectivity index (χ1) is 12.1. The summed E-state index contributed by atoms with van der Waals surface area (Å²) in [7, 11) is -0.473. The van der Waals surface area contributed by atoms with Crippen molar-refractivity contribution >= 4 is 29.8 Å². The zero-order chi connectivity index (χ0) is 18.1. The summed E-state index contributed by atoms with van der Waals surface area (Å²) in [4.78, 5) is 9.00. The van der Waals surface area contributed by atoms with E-state index in [0.29, 0.717) is 0 Å². The number of carbonyl (C=O) groups is 1. The molecule has 0 saturated heterocycles. The summed E-state index contributed by atoms with van der Waals surface area (Å²) in [5.74, 6) is -0.833. The molecule has 0 bridgehead atoms. The van der Waals surface area contributed by atoms with Gasteiger partial charge in [0.05, 0.1) is 0 Å². The molecular weight excluding hydrogens is 327 g/mol. The molecule has 0 saturated carbocycles. The molecule has 3 rings (SSSR count). The van der Waals surface area contributed by atoms with Crippen molar-refractivity contribution in [1.82, 2.24) is 0 Å². The van der Waals surface area contributed by atoms with Gasteiger partial charge in [0.25, 0.3) is 5.97 Å². The first kappa shape index (κ1) is 18.9. The molecule has 3 heteroatoms. The maximum absolute atomic E-state index is 9.00. The molecule has 25 heavy (non-hydrogen) atoms. The molecule has 0 aromatic heterocycles. The number of hydrogen-bond donors (Lipinski definition) is 1. The van der Waals surface area contributed by atoms with E-state index < -0.39 is 13.9 Å². The van der Waals surface area contributed by atoms with Crippen LogP contribution in [0.4, 0.5) is 0 Å². The second-order valence-corrected chi connectivity index (χ2v) is 7.69. The van der Waals surface area contributed by atoms with Crippen LogP contribution in [0.1, 0.15) is 19.4 Å². The third-order valence-corrected chi connectivity index (χ3v) is 6.19. The minimum absolute atomic E-state index is 0.473. The summed E-state index contributed by atoms with van der Waals surface area (Å²) in [5, 5.41) is 11.7. The molecule has 0 radical (unpaired) electrons. The number of hydrogen-bond acceptors (Lipinski definition) is 1. The van der Waals surface area contributed by atoms with Gasteiger partial charge in [-0.05, 0) is 35.8 Å². The van der Waals surface area contributed by atoms with E-state index in [9.17, 15) is 0 Å². The SMILES string of the molecule is CC(=O)O.CCc1ccccc1P(c1ccccc1)c1ccccc1. The standard InChI is InChI=1S/C20H19P.C2H4O2/c1-2-17-11-9-10-16-20(17)21(18-12-5-3-6-13-18)19-14-7-4-8-15-19;1-2(3)4/h3-16H,2H2,1H3;1H3,(H,3,4). The first-order valence-corrected chi connectivity index (χ1v) is 9.65. The van der Waals surface area contributed by atoms with Gasteiger partial charge in [0, 0.05) is 6.92 Å². The Bertz CT molecular complexity index is 742. The van der Waals surface area contributed by atoms with Crippen LogP contribution >= 0.6 is 7.92 Å². The molecule has 0 amide bonds. The molecule has 1 N–H and O–H groups in total. The molecule has 0 fully saturated rings. The third kappa shape index (κ3) is 5.55. The fraction of sp³-hybridized carbons (Fsp3) is 0.136. The highest BCUT2D eigenvalue weighted by atomic mass is 31.1. The normalized spacial score (nSPS) is 10.0. The topological polar surface area (TPSA) is 37.3 Å². The van der Waals surface area contributed by atoms with E-state index in [1.165, 1.54) is 21.5 Å². The Morgan fingerprint density at radius 3 is 1.64 bits per heavy atom. The van der Waals surface area contributed by atoms with E-state index in [1.54, 1.807) is 0 Å². The van der Waals surface area contributed by atoms with Gasteiger partial charge in [-0.2, -0.15) is 0 Å². The lowest BCUT2D eigenvalue weighted by molar-refractivity contribution is -0.134. The molecule has 0 spiro atoms. The number of carboxylic acid groups (broad SMARTS) is 1. The van der Waals surface area contributed by atoms with Gasteiger partial charge in [0.15, 0.2) is 0 Å². The average Bonchev–Trinajstić information content (AvgIpc) is 2.64. The highest BCUT2D eigenvalue weighted by Crippen LogP contribution is 2.33. The summed E-state index contributed by atoms with van der Waals surface area (Å²) < 4.78 is 0. The van der Waals surface area contributed by atoms with Crippen LogP contribution in [0.3, 0.4) is 0 Å². The van der Waals surface area contributed by atoms with Crippen LogP contribution in [0.25, 0.3) is 0 Å². The van der Waals surface area contributed by atoms with Crippen molar-refractivity contribution in [2.45, 2.75) is 20.3 Å². The fourth-order valence-corrected chi connectivity index (χ4v) is 5.16. The molecule has 128 valence electrons. The van der Waals surface area contributed by atoms with Crippen LogP contribution in [0, 0.1) is 0 Å². The molecule has 2 nitrogen and oxygen atoms in total. The molecular formula is C22H23O2P. The molecule has 0 aliphatic rings. The van der Waals surface area contributed by atoms with Crippen LogP contribution < -0.4 is 15.9 Å². The molecule has 0 heterocycles. The lowest BCUT2D eigenvalue weighted by Crippen LogP contribution is -2.22. The van der Waals surface area contributed by atoms with Gasteiger partial charge in [0.2, 0.25) is 0 Å². The Morgan fingerprint density at radius 1 is 0.800 bits per heavy atom. The fourth-order valence-electron chi connectivity index (χ4n) is 2.61. The van der Waals surface area contributed by atoms with E-state index in [2.05, 4.69) is 91.9 Å². The number of rotatable bonds is 4. The zero-order valence-corrected chi connectivity index (χ0v) is 15.5. The quantitative estimate of drug-likeness (QED) is 0.720. The van der Waals surface area contributed by atoms with Crippen molar-refractivity contribution in [3.8, 4) is 0 Å². The van der Waals surface area contributed by atoms with Crippen molar-refractivity contribution in [2.24, 2.45) is 0 Å². The van der Waals surface area contributed by atoms with Crippen LogP contribution in [0.2, 0.25) is 0 Å². The van der Waals surface area contributed by atoms with Crippen LogP contribution in [0.15, 0.2) is 84.9 Å². The molecule has 0 atom stereocenters. The maximum Gasteiger partial charge on any atom is 0.300 e. The van der Waals surface area contributed by atoms with E-state index in [1.807, 2.05) is 0 Å². The summed E-state index contributed by atoms with van der Waals surface area (Å²) >= 11 is 0. The number of aliphatic carboxylic acids is 1. The number of benzene rings is 3. The molecule has 0 aliphatic carbocycles. The summed E-state index contributed by atoms with van der Waals surface area (Å²) in [6.07, 6.45) is 1.08. The third-order valence-electron chi connectivity index (χ3n) is 3.64. The maximum atomic E-state index is 9.00. The van der Waals surface area contributed by atoms with Gasteiger partial charge in [-0.25, -0.2) is 0 Å². The van der Waals surface area contributed by atoms with Gasteiger partial charge >= 0.3 is 0 Å². The Labute approximate surface area is 150 Å². The van der Waals surface area contributed by atoms with Gasteiger partial charge in [-0.3, -0.25) is 4.79 Å². The van der Waals surface area contributed by atoms with E-state index in [4.69, 9.17) is 9.90 Å².